The van der Waals surface area contributed by atoms with Gasteiger partial charge in [-0.1, -0.05) is 30.3 Å². The number of nitrogens with one attached hydrogen (secondary N) is 1. The number of H-pyrrole nitrogens is 1. The molecule has 1 N–H and O–H groups in total. The van der Waals surface area contributed by atoms with Gasteiger partial charge in [-0.15, -0.1) is 0 Å². The Hall–Kier alpha value is -2.89. The lowest BCUT2D eigenvalue weighted by Gasteiger charge is -2.37. The van der Waals surface area contributed by atoms with Gasteiger partial charge in [-0.25, -0.2) is 4.98 Å². The Kier molecular flexibility index (Phi) is 5.28. The van der Waals surface area contributed by atoms with Crippen molar-refractivity contribution in [3.8, 4) is 0 Å². The molecule has 1 aromatic carbocycles. The van der Waals surface area contributed by atoms with Crippen LogP contribution in [0, 0.1) is 6.92 Å². The van der Waals surface area contributed by atoms with E-state index in [4.69, 9.17) is 0 Å². The van der Waals surface area contributed by atoms with Crippen LogP contribution in [0.15, 0.2) is 48.9 Å². The Morgan fingerprint density at radius 2 is 1.96 bits per heavy atom. The van der Waals surface area contributed by atoms with Crippen molar-refractivity contribution in [1.29, 1.82) is 0 Å². The number of nitrogens with zero attached hydrogens (tertiary/aromatic N) is 4. The summed E-state index contributed by atoms with van der Waals surface area (Å²) in [6, 6.07) is 12.8. The molecule has 2 aromatic heterocycles. The molecule has 1 fully saturated rings. The Bertz CT molecular complexity index is 908. The second-order valence-corrected chi connectivity index (χ2v) is 7.72. The van der Waals surface area contributed by atoms with Crippen LogP contribution in [0.1, 0.15) is 59.0 Å². The molecule has 1 amide bonds. The zero-order chi connectivity index (χ0) is 19.5. The monoisotopic (exact) mass is 377 g/mol. The molecular weight excluding hydrogens is 350 g/mol. The van der Waals surface area contributed by atoms with Crippen molar-refractivity contribution < 1.29 is 4.79 Å². The zero-order valence-corrected chi connectivity index (χ0v) is 16.5. The first-order valence-electron chi connectivity index (χ1n) is 9.95. The molecule has 0 bridgehead atoms. The number of rotatable bonds is 5. The maximum Gasteiger partial charge on any atom is 0.272 e. The molecule has 1 aliphatic carbocycles. The van der Waals surface area contributed by atoms with E-state index in [1.54, 1.807) is 17.2 Å². The summed E-state index contributed by atoms with van der Waals surface area (Å²) < 4.78 is 1.69. The van der Waals surface area contributed by atoms with Crippen molar-refractivity contribution in [3.05, 3.63) is 71.6 Å². The smallest absolute Gasteiger partial charge is 0.272 e. The molecule has 0 aliphatic heterocycles. The van der Waals surface area contributed by atoms with Crippen molar-refractivity contribution in [2.75, 3.05) is 0 Å². The van der Waals surface area contributed by atoms with E-state index in [1.807, 2.05) is 24.9 Å². The van der Waals surface area contributed by atoms with Gasteiger partial charge in [0, 0.05) is 19.3 Å². The summed E-state index contributed by atoms with van der Waals surface area (Å²) in [6.07, 6.45) is 7.69. The minimum absolute atomic E-state index is 0.0425. The van der Waals surface area contributed by atoms with E-state index < -0.39 is 0 Å². The number of aromatic amines is 1. The van der Waals surface area contributed by atoms with Gasteiger partial charge in [-0.2, -0.15) is 5.10 Å². The summed E-state index contributed by atoms with van der Waals surface area (Å²) in [4.78, 5) is 22.6. The Labute approximate surface area is 165 Å². The lowest BCUT2D eigenvalue weighted by atomic mass is 9.81. The Morgan fingerprint density at radius 3 is 2.57 bits per heavy atom. The summed E-state index contributed by atoms with van der Waals surface area (Å²) in [5.41, 5.74) is 3.87. The number of hydrogen-bond acceptors (Lipinski definition) is 3. The van der Waals surface area contributed by atoms with E-state index in [9.17, 15) is 4.79 Å². The summed E-state index contributed by atoms with van der Waals surface area (Å²) in [6.45, 7) is 2.46. The van der Waals surface area contributed by atoms with Gasteiger partial charge in [0.2, 0.25) is 0 Å². The lowest BCUT2D eigenvalue weighted by Crippen LogP contribution is -2.42. The molecule has 0 unspecified atom stereocenters. The van der Waals surface area contributed by atoms with Crippen LogP contribution in [0.5, 0.6) is 0 Å². The van der Waals surface area contributed by atoms with Crippen LogP contribution in [0.4, 0.5) is 0 Å². The molecule has 28 heavy (non-hydrogen) atoms. The number of hydrogen-bond donors (Lipinski definition) is 1. The second kappa shape index (κ2) is 8.00. The fourth-order valence-corrected chi connectivity index (χ4v) is 4.33. The van der Waals surface area contributed by atoms with Crippen LogP contribution in [0.25, 0.3) is 0 Å². The van der Waals surface area contributed by atoms with Gasteiger partial charge in [-0.05, 0) is 50.2 Å². The third-order valence-electron chi connectivity index (χ3n) is 5.79. The first-order valence-corrected chi connectivity index (χ1v) is 9.95. The van der Waals surface area contributed by atoms with Crippen molar-refractivity contribution in [3.63, 3.8) is 0 Å². The van der Waals surface area contributed by atoms with Crippen LogP contribution in [0.3, 0.4) is 0 Å². The zero-order valence-electron chi connectivity index (χ0n) is 16.5. The third-order valence-corrected chi connectivity index (χ3v) is 5.79. The highest BCUT2D eigenvalue weighted by atomic mass is 16.2. The average Bonchev–Trinajstić information content (AvgIpc) is 3.35. The highest BCUT2D eigenvalue weighted by Crippen LogP contribution is 2.35. The van der Waals surface area contributed by atoms with E-state index in [0.717, 1.165) is 37.1 Å². The Balaban J connectivity index is 1.52. The van der Waals surface area contributed by atoms with Crippen molar-refractivity contribution in [1.82, 2.24) is 24.6 Å². The predicted molar refractivity (Wildman–Crippen MR) is 108 cm³/mol. The van der Waals surface area contributed by atoms with E-state index >= 15 is 0 Å². The number of imidazole rings is 1. The highest BCUT2D eigenvalue weighted by molar-refractivity contribution is 5.93. The molecule has 4 rings (SSSR count). The molecule has 6 nitrogen and oxygen atoms in total. The van der Waals surface area contributed by atoms with Gasteiger partial charge in [0.25, 0.3) is 5.91 Å². The lowest BCUT2D eigenvalue weighted by molar-refractivity contribution is 0.0591. The van der Waals surface area contributed by atoms with Gasteiger partial charge in [0.1, 0.15) is 5.69 Å². The summed E-state index contributed by atoms with van der Waals surface area (Å²) in [5, 5.41) is 4.36. The molecule has 6 heteroatoms. The molecule has 1 saturated carbocycles. The number of aromatic nitrogens is 4. The maximum absolute atomic E-state index is 13.4. The number of aryl methyl sites for hydroxylation is 2. The van der Waals surface area contributed by atoms with E-state index in [0.29, 0.717) is 18.2 Å². The average molecular weight is 377 g/mol. The van der Waals surface area contributed by atoms with Crippen molar-refractivity contribution in [2.45, 2.75) is 51.1 Å². The molecule has 0 radical (unpaired) electrons. The molecule has 146 valence electrons. The molecule has 0 atom stereocenters. The summed E-state index contributed by atoms with van der Waals surface area (Å²) in [5.74, 6) is 0.626. The number of carbonyl (C=O) groups is 1. The molecular formula is C22H27N5O. The van der Waals surface area contributed by atoms with Crippen molar-refractivity contribution in [2.24, 2.45) is 7.05 Å². The Morgan fingerprint density at radius 1 is 1.21 bits per heavy atom. The van der Waals surface area contributed by atoms with Gasteiger partial charge in [0.15, 0.2) is 0 Å². The fourth-order valence-electron chi connectivity index (χ4n) is 4.33. The van der Waals surface area contributed by atoms with Crippen LogP contribution < -0.4 is 0 Å². The minimum Gasteiger partial charge on any atom is -0.347 e. The maximum atomic E-state index is 13.4. The number of benzene rings is 1. The van der Waals surface area contributed by atoms with Crippen LogP contribution >= 0.6 is 0 Å². The molecule has 1 aliphatic rings. The second-order valence-electron chi connectivity index (χ2n) is 7.72. The molecule has 2 heterocycles. The fraction of sp³-hybridized carbons (Fsp3) is 0.409. The summed E-state index contributed by atoms with van der Waals surface area (Å²) in [7, 11) is 1.83. The van der Waals surface area contributed by atoms with E-state index in [-0.39, 0.29) is 11.9 Å². The number of carbonyl (C=O) groups excluding carboxylic acids is 1. The van der Waals surface area contributed by atoms with Gasteiger partial charge < -0.3 is 9.88 Å². The standard InChI is InChI=1S/C22H27N5O/c1-16-12-21(26(2)25-16)22(28)27(14-19-13-23-15-24-19)20-10-8-18(9-11-20)17-6-4-3-5-7-17/h3-7,12-13,15,18,20H,8-11,14H2,1-2H3,(H,23,24). The molecule has 3 aromatic rings. The van der Waals surface area contributed by atoms with Crippen LogP contribution in [0.2, 0.25) is 0 Å². The largest absolute Gasteiger partial charge is 0.347 e. The number of amides is 1. The van der Waals surface area contributed by atoms with Gasteiger partial charge in [-0.3, -0.25) is 9.48 Å². The SMILES string of the molecule is Cc1cc(C(=O)N(Cc2cnc[nH]2)C2CCC(c3ccccc3)CC2)n(C)n1. The highest BCUT2D eigenvalue weighted by Gasteiger charge is 2.31. The van der Waals surface area contributed by atoms with E-state index in [2.05, 4.69) is 45.4 Å². The normalized spacial score (nSPS) is 19.5. The van der Waals surface area contributed by atoms with Crippen LogP contribution in [-0.2, 0) is 13.6 Å². The first kappa shape index (κ1) is 18.5. The summed E-state index contributed by atoms with van der Waals surface area (Å²) >= 11 is 0. The quantitative estimate of drug-likeness (QED) is 0.735. The third kappa shape index (κ3) is 3.86. The minimum atomic E-state index is 0.0425. The van der Waals surface area contributed by atoms with Crippen LogP contribution in [-0.4, -0.2) is 36.6 Å². The topological polar surface area (TPSA) is 66.8 Å². The van der Waals surface area contributed by atoms with Gasteiger partial charge >= 0.3 is 0 Å². The molecule has 0 saturated heterocycles. The predicted octanol–water partition coefficient (Wildman–Crippen LogP) is 3.82. The van der Waals surface area contributed by atoms with Gasteiger partial charge in [0.05, 0.1) is 24.3 Å². The molecule has 0 spiro atoms. The van der Waals surface area contributed by atoms with Crippen molar-refractivity contribution >= 4 is 5.91 Å². The first-order chi connectivity index (χ1) is 13.6. The van der Waals surface area contributed by atoms with E-state index in [1.165, 1.54) is 5.56 Å².